The molecular formula is C13H18N2O3. The molecule has 0 unspecified atom stereocenters. The summed E-state index contributed by atoms with van der Waals surface area (Å²) in [7, 11) is 0. The standard InChI is InChI=1S/C13H18N2O3/c1-2-11(13(17)18)15-12(16)10(14)8-9-6-4-3-5-7-9/h3-7,10-11H,2,8,14H2,1H3,(H,15,16)(H,17,18)/t10-,11+/m1/s1. The van der Waals surface area contributed by atoms with E-state index >= 15 is 0 Å². The lowest BCUT2D eigenvalue weighted by Crippen LogP contribution is -2.48. The van der Waals surface area contributed by atoms with Crippen LogP contribution in [0.1, 0.15) is 18.9 Å². The molecule has 1 aromatic carbocycles. The molecule has 0 aliphatic rings. The molecule has 0 spiro atoms. The van der Waals surface area contributed by atoms with Crippen molar-refractivity contribution < 1.29 is 14.7 Å². The van der Waals surface area contributed by atoms with Crippen LogP contribution in [-0.4, -0.2) is 29.1 Å². The molecule has 0 aromatic heterocycles. The third kappa shape index (κ3) is 4.18. The molecule has 0 fully saturated rings. The minimum atomic E-state index is -1.04. The lowest BCUT2D eigenvalue weighted by Gasteiger charge is -2.16. The Morgan fingerprint density at radius 2 is 1.94 bits per heavy atom. The lowest BCUT2D eigenvalue weighted by molar-refractivity contribution is -0.142. The molecule has 5 heteroatoms. The van der Waals surface area contributed by atoms with Crippen LogP contribution in [0.25, 0.3) is 0 Å². The highest BCUT2D eigenvalue weighted by atomic mass is 16.4. The molecule has 0 aliphatic carbocycles. The van der Waals surface area contributed by atoms with Crippen molar-refractivity contribution in [3.8, 4) is 0 Å². The van der Waals surface area contributed by atoms with Gasteiger partial charge in [0.15, 0.2) is 0 Å². The van der Waals surface area contributed by atoms with Gasteiger partial charge in [-0.1, -0.05) is 37.3 Å². The van der Waals surface area contributed by atoms with Gasteiger partial charge >= 0.3 is 5.97 Å². The summed E-state index contributed by atoms with van der Waals surface area (Å²) < 4.78 is 0. The Hall–Kier alpha value is -1.88. The highest BCUT2D eigenvalue weighted by Crippen LogP contribution is 2.02. The molecule has 0 saturated carbocycles. The van der Waals surface area contributed by atoms with Crippen LogP contribution in [0.3, 0.4) is 0 Å². The molecule has 0 radical (unpaired) electrons. The smallest absolute Gasteiger partial charge is 0.326 e. The van der Waals surface area contributed by atoms with Crippen LogP contribution < -0.4 is 11.1 Å². The number of hydrogen-bond donors (Lipinski definition) is 3. The predicted molar refractivity (Wildman–Crippen MR) is 68.0 cm³/mol. The summed E-state index contributed by atoms with van der Waals surface area (Å²) in [5.74, 6) is -1.48. The third-order valence-corrected chi connectivity index (χ3v) is 2.66. The fourth-order valence-electron chi connectivity index (χ4n) is 1.58. The molecule has 1 rings (SSSR count). The van der Waals surface area contributed by atoms with E-state index in [0.717, 1.165) is 5.56 Å². The van der Waals surface area contributed by atoms with Crippen LogP contribution in [0.5, 0.6) is 0 Å². The molecule has 4 N–H and O–H groups in total. The minimum Gasteiger partial charge on any atom is -0.480 e. The quantitative estimate of drug-likeness (QED) is 0.687. The Labute approximate surface area is 106 Å². The molecule has 0 bridgehead atoms. The summed E-state index contributed by atoms with van der Waals surface area (Å²) in [4.78, 5) is 22.5. The zero-order valence-electron chi connectivity index (χ0n) is 10.3. The van der Waals surface area contributed by atoms with Gasteiger partial charge in [0.05, 0.1) is 6.04 Å². The third-order valence-electron chi connectivity index (χ3n) is 2.66. The molecular weight excluding hydrogens is 232 g/mol. The summed E-state index contributed by atoms with van der Waals surface area (Å²) in [6.45, 7) is 1.70. The maximum atomic E-state index is 11.7. The second-order valence-corrected chi connectivity index (χ2v) is 4.10. The first-order valence-corrected chi connectivity index (χ1v) is 5.87. The van der Waals surface area contributed by atoms with Crippen molar-refractivity contribution in [3.05, 3.63) is 35.9 Å². The number of carboxylic acids is 1. The van der Waals surface area contributed by atoms with E-state index in [4.69, 9.17) is 10.8 Å². The fraction of sp³-hybridized carbons (Fsp3) is 0.385. The summed E-state index contributed by atoms with van der Waals surface area (Å²) in [6, 6.07) is 7.76. The van der Waals surface area contributed by atoms with E-state index < -0.39 is 24.0 Å². The van der Waals surface area contributed by atoms with Gasteiger partial charge in [-0.05, 0) is 18.4 Å². The van der Waals surface area contributed by atoms with Crippen LogP contribution >= 0.6 is 0 Å². The minimum absolute atomic E-state index is 0.332. The van der Waals surface area contributed by atoms with Crippen molar-refractivity contribution in [1.29, 1.82) is 0 Å². The van der Waals surface area contributed by atoms with E-state index in [9.17, 15) is 9.59 Å². The highest BCUT2D eigenvalue weighted by molar-refractivity contribution is 5.86. The second kappa shape index (κ2) is 6.76. The summed E-state index contributed by atoms with van der Waals surface area (Å²) in [5, 5.41) is 11.3. The Bertz CT molecular complexity index is 406. The Morgan fingerprint density at radius 1 is 1.33 bits per heavy atom. The van der Waals surface area contributed by atoms with Crippen molar-refractivity contribution in [2.45, 2.75) is 31.8 Å². The van der Waals surface area contributed by atoms with Gasteiger partial charge in [0, 0.05) is 0 Å². The first-order valence-electron chi connectivity index (χ1n) is 5.87. The van der Waals surface area contributed by atoms with Crippen LogP contribution in [-0.2, 0) is 16.0 Å². The van der Waals surface area contributed by atoms with E-state index in [-0.39, 0.29) is 0 Å². The molecule has 1 aromatic rings. The number of rotatable bonds is 6. The van der Waals surface area contributed by atoms with Gasteiger partial charge in [0.2, 0.25) is 5.91 Å². The van der Waals surface area contributed by atoms with E-state index in [1.807, 2.05) is 30.3 Å². The van der Waals surface area contributed by atoms with E-state index in [1.54, 1.807) is 6.92 Å². The number of carbonyl (C=O) groups excluding carboxylic acids is 1. The van der Waals surface area contributed by atoms with Crippen LogP contribution in [0, 0.1) is 0 Å². The molecule has 18 heavy (non-hydrogen) atoms. The molecule has 98 valence electrons. The van der Waals surface area contributed by atoms with Gasteiger partial charge in [-0.2, -0.15) is 0 Å². The van der Waals surface area contributed by atoms with Crippen LogP contribution in [0.4, 0.5) is 0 Å². The monoisotopic (exact) mass is 250 g/mol. The normalized spacial score (nSPS) is 13.7. The number of carboxylic acid groups (broad SMARTS) is 1. The fourth-order valence-corrected chi connectivity index (χ4v) is 1.58. The van der Waals surface area contributed by atoms with Crippen molar-refractivity contribution in [2.75, 3.05) is 0 Å². The predicted octanol–water partition coefficient (Wildman–Crippen LogP) is 0.536. The first kappa shape index (κ1) is 14.2. The number of aliphatic carboxylic acids is 1. The summed E-state index contributed by atoms with van der Waals surface area (Å²) >= 11 is 0. The lowest BCUT2D eigenvalue weighted by atomic mass is 10.1. The van der Waals surface area contributed by atoms with E-state index in [0.29, 0.717) is 12.8 Å². The van der Waals surface area contributed by atoms with Crippen molar-refractivity contribution in [3.63, 3.8) is 0 Å². The average Bonchev–Trinajstić information content (AvgIpc) is 2.36. The topological polar surface area (TPSA) is 92.4 Å². The van der Waals surface area contributed by atoms with Gasteiger partial charge in [-0.25, -0.2) is 4.79 Å². The van der Waals surface area contributed by atoms with Crippen LogP contribution in [0.2, 0.25) is 0 Å². The van der Waals surface area contributed by atoms with Gasteiger partial charge in [-0.3, -0.25) is 4.79 Å². The number of benzene rings is 1. The second-order valence-electron chi connectivity index (χ2n) is 4.10. The first-order chi connectivity index (χ1) is 8.54. The zero-order valence-corrected chi connectivity index (χ0v) is 10.3. The molecule has 0 saturated heterocycles. The maximum Gasteiger partial charge on any atom is 0.326 e. The van der Waals surface area contributed by atoms with Crippen LogP contribution in [0.15, 0.2) is 30.3 Å². The van der Waals surface area contributed by atoms with Gasteiger partial charge < -0.3 is 16.2 Å². The number of nitrogens with one attached hydrogen (secondary N) is 1. The Morgan fingerprint density at radius 3 is 2.44 bits per heavy atom. The molecule has 0 heterocycles. The number of hydrogen-bond acceptors (Lipinski definition) is 3. The van der Waals surface area contributed by atoms with Gasteiger partial charge in [-0.15, -0.1) is 0 Å². The molecule has 1 amide bonds. The average molecular weight is 250 g/mol. The number of amides is 1. The number of carbonyl (C=O) groups is 2. The zero-order chi connectivity index (χ0) is 13.5. The summed E-state index contributed by atoms with van der Waals surface area (Å²) in [6.07, 6.45) is 0.724. The highest BCUT2D eigenvalue weighted by Gasteiger charge is 2.21. The van der Waals surface area contributed by atoms with Gasteiger partial charge in [0.1, 0.15) is 6.04 Å². The van der Waals surface area contributed by atoms with E-state index in [2.05, 4.69) is 5.32 Å². The molecule has 2 atom stereocenters. The maximum absolute atomic E-state index is 11.7. The summed E-state index contributed by atoms with van der Waals surface area (Å²) in [5.41, 5.74) is 6.70. The van der Waals surface area contributed by atoms with Gasteiger partial charge in [0.25, 0.3) is 0 Å². The number of nitrogens with two attached hydrogens (primary N) is 1. The van der Waals surface area contributed by atoms with Crippen molar-refractivity contribution in [1.82, 2.24) is 5.32 Å². The molecule has 0 aliphatic heterocycles. The Balaban J connectivity index is 2.54. The molecule has 5 nitrogen and oxygen atoms in total. The Kier molecular flexibility index (Phi) is 5.32. The van der Waals surface area contributed by atoms with Crippen molar-refractivity contribution >= 4 is 11.9 Å². The van der Waals surface area contributed by atoms with Crippen molar-refractivity contribution in [2.24, 2.45) is 5.73 Å². The van der Waals surface area contributed by atoms with E-state index in [1.165, 1.54) is 0 Å². The SMILES string of the molecule is CC[C@H](NC(=O)[C@H](N)Cc1ccccc1)C(=O)O. The largest absolute Gasteiger partial charge is 0.480 e.